The Morgan fingerprint density at radius 1 is 1.00 bits per heavy atom. The lowest BCUT2D eigenvalue weighted by molar-refractivity contribution is -0.130. The van der Waals surface area contributed by atoms with E-state index in [0.717, 1.165) is 23.3 Å². The first-order valence-corrected chi connectivity index (χ1v) is 11.3. The summed E-state index contributed by atoms with van der Waals surface area (Å²) in [6.07, 6.45) is -1.55. The lowest BCUT2D eigenvalue weighted by Gasteiger charge is -2.22. The van der Waals surface area contributed by atoms with Gasteiger partial charge in [0.05, 0.1) is 17.8 Å². The number of nitrogens with one attached hydrogen (secondary N) is 2. The molecule has 2 atom stereocenters. The van der Waals surface area contributed by atoms with Crippen molar-refractivity contribution in [2.75, 3.05) is 11.9 Å². The van der Waals surface area contributed by atoms with Crippen molar-refractivity contribution < 1.29 is 23.2 Å². The van der Waals surface area contributed by atoms with Crippen molar-refractivity contribution in [1.29, 1.82) is 0 Å². The molecule has 2 N–H and O–H groups in total. The van der Waals surface area contributed by atoms with E-state index in [2.05, 4.69) is 15.6 Å². The third-order valence-corrected chi connectivity index (χ3v) is 5.73. The van der Waals surface area contributed by atoms with E-state index in [1.807, 2.05) is 48.5 Å². The highest BCUT2D eigenvalue weighted by Crippen LogP contribution is 2.27. The van der Waals surface area contributed by atoms with Gasteiger partial charge >= 0.3 is 0 Å². The van der Waals surface area contributed by atoms with Gasteiger partial charge in [0, 0.05) is 24.2 Å². The van der Waals surface area contributed by atoms with Crippen LogP contribution in [0.4, 0.5) is 14.5 Å². The van der Waals surface area contributed by atoms with Crippen LogP contribution in [0.2, 0.25) is 0 Å². The van der Waals surface area contributed by atoms with Crippen LogP contribution in [0.1, 0.15) is 23.6 Å². The summed E-state index contributed by atoms with van der Waals surface area (Å²) in [5.41, 5.74) is 2.83. The predicted octanol–water partition coefficient (Wildman–Crippen LogP) is 2.97. The van der Waals surface area contributed by atoms with E-state index in [4.69, 9.17) is 0 Å². The van der Waals surface area contributed by atoms with Crippen molar-refractivity contribution >= 4 is 29.1 Å². The molecular formula is C27H24F2N4O3. The Bertz CT molecular complexity index is 1320. The average molecular weight is 491 g/mol. The van der Waals surface area contributed by atoms with Crippen LogP contribution in [-0.2, 0) is 20.8 Å². The van der Waals surface area contributed by atoms with E-state index in [1.165, 1.54) is 11.8 Å². The van der Waals surface area contributed by atoms with Crippen molar-refractivity contribution in [3.05, 3.63) is 101 Å². The van der Waals surface area contributed by atoms with Crippen molar-refractivity contribution in [3.8, 4) is 0 Å². The summed E-state index contributed by atoms with van der Waals surface area (Å²) >= 11 is 0. The number of amides is 3. The maximum Gasteiger partial charge on any atom is 0.272 e. The van der Waals surface area contributed by atoms with Crippen LogP contribution in [0, 0.1) is 11.6 Å². The first-order chi connectivity index (χ1) is 17.2. The molecule has 36 heavy (non-hydrogen) atoms. The van der Waals surface area contributed by atoms with E-state index in [1.54, 1.807) is 13.1 Å². The van der Waals surface area contributed by atoms with Gasteiger partial charge in [0.25, 0.3) is 5.91 Å². The first-order valence-electron chi connectivity index (χ1n) is 11.3. The van der Waals surface area contributed by atoms with Crippen molar-refractivity contribution in [2.24, 2.45) is 4.99 Å². The number of likely N-dealkylation sites (N-methyl/N-ethyl adjacent to an activating group) is 1. The molecule has 3 amide bonds. The lowest BCUT2D eigenvalue weighted by atomic mass is 10.0. The lowest BCUT2D eigenvalue weighted by Crippen LogP contribution is -2.52. The van der Waals surface area contributed by atoms with Crippen molar-refractivity contribution in [2.45, 2.75) is 25.6 Å². The second-order valence-corrected chi connectivity index (χ2v) is 8.41. The highest BCUT2D eigenvalue weighted by Gasteiger charge is 2.32. The molecule has 1 aliphatic heterocycles. The minimum Gasteiger partial charge on any atom is -0.344 e. The molecule has 9 heteroatoms. The fourth-order valence-corrected chi connectivity index (χ4v) is 3.96. The maximum atomic E-state index is 13.4. The quantitative estimate of drug-likeness (QED) is 0.557. The molecule has 184 valence electrons. The molecule has 0 bridgehead atoms. The average Bonchev–Trinajstić information content (AvgIpc) is 2.94. The number of halogens is 2. The largest absolute Gasteiger partial charge is 0.344 e. The van der Waals surface area contributed by atoms with Crippen LogP contribution in [0.5, 0.6) is 0 Å². The number of benzene rings is 3. The van der Waals surface area contributed by atoms with E-state index >= 15 is 0 Å². The summed E-state index contributed by atoms with van der Waals surface area (Å²) in [5, 5.41) is 5.10. The minimum atomic E-state index is -1.23. The Labute approximate surface area is 206 Å². The molecule has 0 aliphatic carbocycles. The first kappa shape index (κ1) is 24.7. The zero-order chi connectivity index (χ0) is 25.8. The number of fused-ring (bicyclic) bond motifs is 1. The van der Waals surface area contributed by atoms with Crippen LogP contribution >= 0.6 is 0 Å². The topological polar surface area (TPSA) is 90.9 Å². The van der Waals surface area contributed by atoms with E-state index in [-0.39, 0.29) is 12.0 Å². The molecule has 0 fully saturated rings. The van der Waals surface area contributed by atoms with Gasteiger partial charge in [-0.2, -0.15) is 0 Å². The summed E-state index contributed by atoms with van der Waals surface area (Å²) in [4.78, 5) is 44.5. The Kier molecular flexibility index (Phi) is 7.19. The number of aliphatic imine (C=N–C) groups is 1. The van der Waals surface area contributed by atoms with Crippen LogP contribution in [0.15, 0.2) is 77.8 Å². The van der Waals surface area contributed by atoms with E-state index < -0.39 is 41.6 Å². The van der Waals surface area contributed by atoms with E-state index in [9.17, 15) is 23.2 Å². The summed E-state index contributed by atoms with van der Waals surface area (Å²) in [6, 6.07) is 18.4. The fraction of sp³-hybridized carbons (Fsp3) is 0.185. The number of para-hydroxylation sites is 1. The van der Waals surface area contributed by atoms with Crippen molar-refractivity contribution in [3.63, 3.8) is 0 Å². The Balaban J connectivity index is 1.53. The molecule has 3 aromatic carbocycles. The summed E-state index contributed by atoms with van der Waals surface area (Å²) < 4.78 is 26.8. The van der Waals surface area contributed by atoms with Crippen LogP contribution in [-0.4, -0.2) is 42.7 Å². The molecule has 1 heterocycles. The summed E-state index contributed by atoms with van der Waals surface area (Å²) in [7, 11) is 1.60. The van der Waals surface area contributed by atoms with Crippen LogP contribution < -0.4 is 15.5 Å². The van der Waals surface area contributed by atoms with Gasteiger partial charge in [-0.25, -0.2) is 13.8 Å². The number of carbonyl (C=O) groups is 3. The fourth-order valence-electron chi connectivity index (χ4n) is 3.96. The van der Waals surface area contributed by atoms with Gasteiger partial charge in [-0.1, -0.05) is 48.5 Å². The summed E-state index contributed by atoms with van der Waals surface area (Å²) in [5.74, 6) is -3.29. The second-order valence-electron chi connectivity index (χ2n) is 8.41. The summed E-state index contributed by atoms with van der Waals surface area (Å²) in [6.45, 7) is 1.45. The molecule has 7 nitrogen and oxygen atoms in total. The Morgan fingerprint density at radius 2 is 1.64 bits per heavy atom. The Morgan fingerprint density at radius 3 is 2.33 bits per heavy atom. The molecule has 0 spiro atoms. The number of hydrogen-bond donors (Lipinski definition) is 2. The standard InChI is InChI=1S/C27H24F2N4O3/c1-16(30-23(34)14-17-12-19(28)15-20(29)13-17)26(35)32-25-27(36)33(2)22-11-7-6-10-21(22)24(31-25)18-8-4-3-5-9-18/h3-13,15-16,25H,14H2,1-2H3,(H,30,34)(H,32,35)/t16-,25?/m0/s1. The normalized spacial score (nSPS) is 15.9. The zero-order valence-electron chi connectivity index (χ0n) is 19.7. The van der Waals surface area contributed by atoms with Crippen LogP contribution in [0.3, 0.4) is 0 Å². The number of hydrogen-bond acceptors (Lipinski definition) is 4. The van der Waals surface area contributed by atoms with Crippen LogP contribution in [0.25, 0.3) is 0 Å². The molecule has 3 aromatic rings. The number of benzodiazepines with no additional fused rings is 1. The highest BCUT2D eigenvalue weighted by atomic mass is 19.1. The van der Waals surface area contributed by atoms with Gasteiger partial charge in [-0.3, -0.25) is 14.4 Å². The maximum absolute atomic E-state index is 13.4. The number of carbonyl (C=O) groups excluding carboxylic acids is 3. The highest BCUT2D eigenvalue weighted by molar-refractivity contribution is 6.20. The predicted molar refractivity (Wildman–Crippen MR) is 132 cm³/mol. The zero-order valence-corrected chi connectivity index (χ0v) is 19.7. The molecule has 0 radical (unpaired) electrons. The van der Waals surface area contributed by atoms with Gasteiger partial charge in [-0.05, 0) is 30.7 Å². The molecule has 1 aliphatic rings. The van der Waals surface area contributed by atoms with Gasteiger partial charge < -0.3 is 15.5 Å². The SMILES string of the molecule is C[C@H](NC(=O)Cc1cc(F)cc(F)c1)C(=O)NC1N=C(c2ccccc2)c2ccccc2N(C)C1=O. The monoisotopic (exact) mass is 490 g/mol. The molecule has 0 aromatic heterocycles. The number of rotatable bonds is 6. The third-order valence-electron chi connectivity index (χ3n) is 5.73. The van der Waals surface area contributed by atoms with Crippen molar-refractivity contribution in [1.82, 2.24) is 10.6 Å². The number of anilines is 1. The van der Waals surface area contributed by atoms with E-state index in [0.29, 0.717) is 17.5 Å². The second kappa shape index (κ2) is 10.5. The molecule has 1 unspecified atom stereocenters. The smallest absolute Gasteiger partial charge is 0.272 e. The van der Waals surface area contributed by atoms with Gasteiger partial charge in [0.1, 0.15) is 17.7 Å². The minimum absolute atomic E-state index is 0.132. The van der Waals surface area contributed by atoms with Gasteiger partial charge in [0.15, 0.2) is 0 Å². The van der Waals surface area contributed by atoms with Gasteiger partial charge in [0.2, 0.25) is 18.0 Å². The molecular weight excluding hydrogens is 466 g/mol. The number of nitrogens with zero attached hydrogens (tertiary/aromatic N) is 2. The molecule has 0 saturated heterocycles. The molecule has 0 saturated carbocycles. The Hall–Kier alpha value is -4.40. The third kappa shape index (κ3) is 5.46. The van der Waals surface area contributed by atoms with Gasteiger partial charge in [-0.15, -0.1) is 0 Å². The molecule has 4 rings (SSSR count).